The number of epoxide rings is 1. The Morgan fingerprint density at radius 1 is 1.27 bits per heavy atom. The number of anilines is 1. The van der Waals surface area contributed by atoms with Crippen molar-refractivity contribution in [3.05, 3.63) is 59.0 Å². The topological polar surface area (TPSA) is 138 Å². The van der Waals surface area contributed by atoms with Gasteiger partial charge < -0.3 is 36.0 Å². The summed E-state index contributed by atoms with van der Waals surface area (Å²) in [6.45, 7) is 14.4. The van der Waals surface area contributed by atoms with Crippen LogP contribution in [0.2, 0.25) is 5.02 Å². The molecule has 11 nitrogen and oxygen atoms in total. The van der Waals surface area contributed by atoms with E-state index in [0.717, 1.165) is 16.7 Å². The maximum absolute atomic E-state index is 13.9. The minimum Gasteiger partial charge on any atom is -0.457 e. The molecule has 3 aliphatic heterocycles. The normalized spacial score (nSPS) is 33.0. The standard InChI is InChI=1S/C35H47ClN3O8.Y/c1-10-28(40)38(8)23(6)32(42)46-27-17-29(41)39(9)25-16-24(15-20(3)30(25)36)14-19(2)12-11-13-21(4)35(44)18-26(45-33(43)37-35)22(5)31-34(27,7)47-31;/h11-13,15-16,21-23,26-27,31,44H,1,10,14,17-18H2,2-9H3,(H,37,43);/q-1;/b13-11+,19-12+;/t21?,22?,23-,26?,27?,31?,34?,35?;/m0./s1. The van der Waals surface area contributed by atoms with E-state index in [0.29, 0.717) is 17.1 Å². The minimum absolute atomic E-state index is 0. The molecule has 0 aliphatic carbocycles. The second-order valence-corrected chi connectivity index (χ2v) is 13.8. The number of ether oxygens (including phenoxy) is 3. The van der Waals surface area contributed by atoms with Gasteiger partial charge in [0.1, 0.15) is 29.6 Å². The Balaban J connectivity index is 0.00000625. The molecule has 0 saturated carbocycles. The number of allylic oxidation sites excluding steroid dienone is 3. The summed E-state index contributed by atoms with van der Waals surface area (Å²) < 4.78 is 17.8. The maximum Gasteiger partial charge on any atom is 0.409 e. The van der Waals surface area contributed by atoms with Crippen LogP contribution >= 0.6 is 11.6 Å². The molecular weight excluding hydrogens is 715 g/mol. The molecular formula is C35H47ClN3O8Y-. The van der Waals surface area contributed by atoms with E-state index in [4.69, 9.17) is 25.8 Å². The average molecular weight is 762 g/mol. The maximum atomic E-state index is 13.9. The number of halogens is 1. The molecule has 1 aromatic carbocycles. The zero-order valence-electron chi connectivity index (χ0n) is 29.0. The van der Waals surface area contributed by atoms with Gasteiger partial charge in [0.25, 0.3) is 0 Å². The number of carbonyl (C=O) groups excluding carboxylic acids is 4. The van der Waals surface area contributed by atoms with Gasteiger partial charge in [0, 0.05) is 65.1 Å². The van der Waals surface area contributed by atoms with E-state index in [1.165, 1.54) is 16.8 Å². The molecule has 0 aromatic heterocycles. The number of aliphatic hydroxyl groups is 1. The van der Waals surface area contributed by atoms with Crippen LogP contribution in [0.1, 0.15) is 65.0 Å². The predicted octanol–water partition coefficient (Wildman–Crippen LogP) is 4.66. The molecule has 7 unspecified atom stereocenters. The first-order chi connectivity index (χ1) is 21.9. The number of alkyl carbamates (subject to hydrolysis) is 1. The van der Waals surface area contributed by atoms with E-state index in [1.807, 2.05) is 58.1 Å². The van der Waals surface area contributed by atoms with Gasteiger partial charge in [-0.15, -0.1) is 6.42 Å². The Kier molecular flexibility index (Phi) is 13.1. The van der Waals surface area contributed by atoms with Gasteiger partial charge in [-0.05, 0) is 51.3 Å². The number of esters is 1. The van der Waals surface area contributed by atoms with Gasteiger partial charge >= 0.3 is 12.1 Å². The molecule has 261 valence electrons. The molecule has 0 spiro atoms. The number of nitrogens with one attached hydrogen (secondary N) is 1. The van der Waals surface area contributed by atoms with Crippen LogP contribution in [0.25, 0.3) is 0 Å². The molecule has 3 heterocycles. The molecule has 3 aliphatic rings. The third kappa shape index (κ3) is 8.52. The van der Waals surface area contributed by atoms with Gasteiger partial charge in [-0.2, -0.15) is 0 Å². The Morgan fingerprint density at radius 2 is 1.94 bits per heavy atom. The molecule has 48 heavy (non-hydrogen) atoms. The Morgan fingerprint density at radius 3 is 2.58 bits per heavy atom. The minimum atomic E-state index is -1.59. The third-order valence-corrected chi connectivity index (χ3v) is 10.4. The number of amides is 3. The zero-order valence-corrected chi connectivity index (χ0v) is 32.6. The van der Waals surface area contributed by atoms with Gasteiger partial charge in [-0.3, -0.25) is 14.9 Å². The molecule has 3 amide bonds. The van der Waals surface area contributed by atoms with Crippen molar-refractivity contribution in [2.24, 2.45) is 11.8 Å². The Labute approximate surface area is 313 Å². The summed E-state index contributed by atoms with van der Waals surface area (Å²) in [5.74, 6) is -2.34. The monoisotopic (exact) mass is 761 g/mol. The van der Waals surface area contributed by atoms with Crippen LogP contribution in [0, 0.1) is 25.7 Å². The molecule has 4 rings (SSSR count). The van der Waals surface area contributed by atoms with Crippen LogP contribution in [-0.4, -0.2) is 83.7 Å². The number of fused-ring (bicyclic) bond motifs is 5. The van der Waals surface area contributed by atoms with Crippen molar-refractivity contribution in [1.82, 2.24) is 10.2 Å². The molecule has 1 aromatic rings. The number of aryl methyl sites for hydroxylation is 1. The Bertz CT molecular complexity index is 1490. The van der Waals surface area contributed by atoms with Crippen molar-refractivity contribution in [2.75, 3.05) is 19.0 Å². The molecule has 4 bridgehead atoms. The summed E-state index contributed by atoms with van der Waals surface area (Å²) in [6.07, 6.45) is 2.83. The van der Waals surface area contributed by atoms with Crippen molar-refractivity contribution >= 4 is 41.2 Å². The number of hydrogen-bond acceptors (Lipinski definition) is 8. The SMILES string of the molecule is [CH2-]CC(=O)N(C)[C@@H](C)C(=O)OC1CC(=O)N(C)c2cc(cc(C)c2Cl)C/C(C)=C/C=C/C(C)C2(O)CC(OC(=O)N2)C(C)C2OC12C.[Y]. The second kappa shape index (κ2) is 15.7. The second-order valence-electron chi connectivity index (χ2n) is 13.4. The fraction of sp³-hybridized carbons (Fsp3) is 0.571. The fourth-order valence-electron chi connectivity index (χ4n) is 6.34. The fourth-order valence-corrected chi connectivity index (χ4v) is 6.57. The van der Waals surface area contributed by atoms with Crippen LogP contribution in [0.5, 0.6) is 0 Å². The summed E-state index contributed by atoms with van der Waals surface area (Å²) in [6, 6.07) is 2.89. The van der Waals surface area contributed by atoms with Gasteiger partial charge in [-0.25, -0.2) is 9.59 Å². The average Bonchev–Trinajstić information content (AvgIpc) is 3.71. The largest absolute Gasteiger partial charge is 0.457 e. The van der Waals surface area contributed by atoms with Crippen LogP contribution < -0.4 is 10.2 Å². The summed E-state index contributed by atoms with van der Waals surface area (Å²) in [5.41, 5.74) is 0.542. The third-order valence-electron chi connectivity index (χ3n) is 9.88. The van der Waals surface area contributed by atoms with Crippen LogP contribution in [0.15, 0.2) is 35.9 Å². The van der Waals surface area contributed by atoms with Crippen LogP contribution in [0.3, 0.4) is 0 Å². The van der Waals surface area contributed by atoms with Gasteiger partial charge in [0.15, 0.2) is 5.91 Å². The van der Waals surface area contributed by atoms with Gasteiger partial charge in [0.05, 0.1) is 23.2 Å². The summed E-state index contributed by atoms with van der Waals surface area (Å²) in [5, 5.41) is 14.6. The van der Waals surface area contributed by atoms with E-state index in [1.54, 1.807) is 20.9 Å². The first-order valence-electron chi connectivity index (χ1n) is 16.0. The molecule has 8 atom stereocenters. The van der Waals surface area contributed by atoms with Crippen molar-refractivity contribution < 1.29 is 71.2 Å². The summed E-state index contributed by atoms with van der Waals surface area (Å²) >= 11 is 6.73. The number of rotatable bonds is 4. The molecule has 2 fully saturated rings. The molecule has 1 radical (unpaired) electrons. The smallest absolute Gasteiger partial charge is 0.409 e. The number of likely N-dealkylation sites (N-methyl/N-ethyl adjacent to an activating group) is 1. The number of hydrogen-bond donors (Lipinski definition) is 2. The quantitative estimate of drug-likeness (QED) is 0.257. The van der Waals surface area contributed by atoms with E-state index in [9.17, 15) is 24.3 Å². The van der Waals surface area contributed by atoms with Crippen molar-refractivity contribution in [2.45, 2.75) is 103 Å². The first kappa shape index (κ1) is 40.1. The van der Waals surface area contributed by atoms with Gasteiger partial charge in [0.2, 0.25) is 5.91 Å². The van der Waals surface area contributed by atoms with E-state index in [-0.39, 0.29) is 63.8 Å². The predicted molar refractivity (Wildman–Crippen MR) is 177 cm³/mol. The summed E-state index contributed by atoms with van der Waals surface area (Å²) in [4.78, 5) is 55.0. The van der Waals surface area contributed by atoms with Crippen molar-refractivity contribution in [3.63, 3.8) is 0 Å². The van der Waals surface area contributed by atoms with E-state index < -0.39 is 59.6 Å². The van der Waals surface area contributed by atoms with E-state index >= 15 is 0 Å². The molecule has 13 heteroatoms. The number of benzene rings is 1. The number of nitrogens with zero attached hydrogens (tertiary/aromatic N) is 2. The number of carbonyl (C=O) groups is 4. The zero-order chi connectivity index (χ0) is 35.0. The van der Waals surface area contributed by atoms with Gasteiger partial charge in [-0.1, -0.05) is 55.3 Å². The first-order valence-corrected chi connectivity index (χ1v) is 16.3. The summed E-state index contributed by atoms with van der Waals surface area (Å²) in [7, 11) is 3.11. The molecule has 2 N–H and O–H groups in total. The molecule has 2 saturated heterocycles. The van der Waals surface area contributed by atoms with Crippen molar-refractivity contribution in [3.8, 4) is 0 Å². The Hall–Kier alpha value is -2.31. The van der Waals surface area contributed by atoms with Crippen LogP contribution in [-0.2, 0) is 67.7 Å². The van der Waals surface area contributed by atoms with Crippen molar-refractivity contribution in [1.29, 1.82) is 0 Å². The van der Waals surface area contributed by atoms with E-state index in [2.05, 4.69) is 12.2 Å². The van der Waals surface area contributed by atoms with Crippen LogP contribution in [0.4, 0.5) is 10.5 Å².